The third-order valence-corrected chi connectivity index (χ3v) is 2.61. The van der Waals surface area contributed by atoms with E-state index in [9.17, 15) is 8.78 Å². The van der Waals surface area contributed by atoms with Gasteiger partial charge in [-0.05, 0) is 31.5 Å². The molecule has 1 aromatic rings. The molecule has 0 bridgehead atoms. The van der Waals surface area contributed by atoms with E-state index in [-0.39, 0.29) is 24.3 Å². The molecule has 0 saturated heterocycles. The number of benzene rings is 1. The average molecular weight is 245 g/mol. The van der Waals surface area contributed by atoms with Gasteiger partial charge in [-0.2, -0.15) is 0 Å². The maximum Gasteiger partial charge on any atom is 0.128 e. The second-order valence-electron chi connectivity index (χ2n) is 4.09. The highest BCUT2D eigenvalue weighted by atomic mass is 19.1. The van der Waals surface area contributed by atoms with Crippen LogP contribution in [0.4, 0.5) is 8.78 Å². The number of aliphatic hydroxyl groups is 2. The van der Waals surface area contributed by atoms with Crippen molar-refractivity contribution < 1.29 is 19.0 Å². The molecule has 0 spiro atoms. The number of hydrogen-bond donors (Lipinski definition) is 3. The molecule has 2 atom stereocenters. The van der Waals surface area contributed by atoms with Crippen molar-refractivity contribution in [3.8, 4) is 0 Å². The smallest absolute Gasteiger partial charge is 0.128 e. The number of hydrogen-bond acceptors (Lipinski definition) is 3. The van der Waals surface area contributed by atoms with Crippen molar-refractivity contribution in [1.82, 2.24) is 5.32 Å². The Morgan fingerprint density at radius 1 is 1.29 bits per heavy atom. The minimum atomic E-state index is -0.907. The quantitative estimate of drug-likeness (QED) is 0.732. The number of rotatable bonds is 5. The predicted molar refractivity (Wildman–Crippen MR) is 60.6 cm³/mol. The molecule has 96 valence electrons. The van der Waals surface area contributed by atoms with Crippen LogP contribution in [0.15, 0.2) is 12.1 Å². The molecule has 17 heavy (non-hydrogen) atoms. The van der Waals surface area contributed by atoms with Crippen molar-refractivity contribution in [2.45, 2.75) is 26.0 Å². The van der Waals surface area contributed by atoms with E-state index in [1.165, 1.54) is 6.92 Å². The fourth-order valence-electron chi connectivity index (χ4n) is 1.48. The molecule has 0 aromatic heterocycles. The molecule has 0 heterocycles. The van der Waals surface area contributed by atoms with Gasteiger partial charge in [0, 0.05) is 18.2 Å². The Kier molecular flexibility index (Phi) is 4.99. The summed E-state index contributed by atoms with van der Waals surface area (Å²) in [6.45, 7) is 2.91. The maximum absolute atomic E-state index is 13.6. The third kappa shape index (κ3) is 3.73. The van der Waals surface area contributed by atoms with Gasteiger partial charge < -0.3 is 15.5 Å². The Labute approximate surface area is 99.1 Å². The topological polar surface area (TPSA) is 52.5 Å². The molecule has 0 amide bonds. The van der Waals surface area contributed by atoms with Crippen LogP contribution >= 0.6 is 0 Å². The summed E-state index contributed by atoms with van der Waals surface area (Å²) in [5.41, 5.74) is 0.465. The third-order valence-electron chi connectivity index (χ3n) is 2.61. The molecule has 1 aromatic carbocycles. The number of halogens is 2. The molecule has 0 aliphatic rings. The Balaban J connectivity index is 2.75. The normalized spacial score (nSPS) is 14.7. The minimum absolute atomic E-state index is 0.118. The van der Waals surface area contributed by atoms with Crippen molar-refractivity contribution in [1.29, 1.82) is 0 Å². The molecular formula is C12H17F2NO2. The monoisotopic (exact) mass is 245 g/mol. The molecule has 0 aliphatic heterocycles. The van der Waals surface area contributed by atoms with Gasteiger partial charge in [-0.1, -0.05) is 0 Å². The molecule has 0 radical (unpaired) electrons. The van der Waals surface area contributed by atoms with Crippen molar-refractivity contribution in [2.75, 3.05) is 13.2 Å². The first kappa shape index (κ1) is 14.0. The van der Waals surface area contributed by atoms with Gasteiger partial charge in [0.2, 0.25) is 0 Å². The predicted octanol–water partition coefficient (Wildman–Crippen LogP) is 1.28. The highest BCUT2D eigenvalue weighted by molar-refractivity contribution is 5.27. The van der Waals surface area contributed by atoms with Gasteiger partial charge in [-0.3, -0.25) is 0 Å². The van der Waals surface area contributed by atoms with E-state index >= 15 is 0 Å². The molecular weight excluding hydrogens is 228 g/mol. The van der Waals surface area contributed by atoms with Crippen molar-refractivity contribution in [2.24, 2.45) is 0 Å². The molecule has 2 unspecified atom stereocenters. The van der Waals surface area contributed by atoms with Gasteiger partial charge in [0.15, 0.2) is 0 Å². The van der Waals surface area contributed by atoms with Gasteiger partial charge in [-0.15, -0.1) is 0 Å². The Hall–Kier alpha value is -1.04. The van der Waals surface area contributed by atoms with Gasteiger partial charge in [-0.25, -0.2) is 8.78 Å². The minimum Gasteiger partial charge on any atom is -0.394 e. The van der Waals surface area contributed by atoms with E-state index in [1.807, 2.05) is 0 Å². The van der Waals surface area contributed by atoms with Crippen LogP contribution in [0.1, 0.15) is 24.1 Å². The highest BCUT2D eigenvalue weighted by Gasteiger charge is 2.14. The van der Waals surface area contributed by atoms with Gasteiger partial charge in [0.25, 0.3) is 0 Å². The first-order valence-corrected chi connectivity index (χ1v) is 5.43. The summed E-state index contributed by atoms with van der Waals surface area (Å²) in [7, 11) is 0. The largest absolute Gasteiger partial charge is 0.394 e. The summed E-state index contributed by atoms with van der Waals surface area (Å²) >= 11 is 0. The molecule has 0 saturated carbocycles. The standard InChI is InChI=1S/C12H17F2NO2/c1-7-3-12(14)10(4-11(7)13)8(2)15-5-9(17)6-16/h3-4,8-9,15-17H,5-6H2,1-2H3. The average Bonchev–Trinajstić information content (AvgIpc) is 2.30. The molecule has 0 fully saturated rings. The fraction of sp³-hybridized carbons (Fsp3) is 0.500. The second kappa shape index (κ2) is 6.05. The van der Waals surface area contributed by atoms with Gasteiger partial charge in [0.05, 0.1) is 12.7 Å². The zero-order chi connectivity index (χ0) is 13.0. The second-order valence-corrected chi connectivity index (χ2v) is 4.09. The zero-order valence-corrected chi connectivity index (χ0v) is 9.87. The van der Waals surface area contributed by atoms with E-state index in [0.29, 0.717) is 0 Å². The van der Waals surface area contributed by atoms with E-state index in [0.717, 1.165) is 12.1 Å². The number of aliphatic hydroxyl groups excluding tert-OH is 2. The summed E-state index contributed by atoms with van der Waals surface area (Å²) in [4.78, 5) is 0. The highest BCUT2D eigenvalue weighted by Crippen LogP contribution is 2.20. The first-order chi connectivity index (χ1) is 7.95. The van der Waals surface area contributed by atoms with Gasteiger partial charge >= 0.3 is 0 Å². The summed E-state index contributed by atoms with van der Waals surface area (Å²) in [6.07, 6.45) is -0.907. The lowest BCUT2D eigenvalue weighted by Gasteiger charge is -2.17. The zero-order valence-electron chi connectivity index (χ0n) is 9.87. The van der Waals surface area contributed by atoms with Crippen LogP contribution in [0.25, 0.3) is 0 Å². The molecule has 1 rings (SSSR count). The maximum atomic E-state index is 13.6. The van der Waals surface area contributed by atoms with Crippen LogP contribution in [0.2, 0.25) is 0 Å². The SMILES string of the molecule is Cc1cc(F)c(C(C)NCC(O)CO)cc1F. The van der Waals surface area contributed by atoms with Gasteiger partial charge in [0.1, 0.15) is 11.6 Å². The summed E-state index contributed by atoms with van der Waals surface area (Å²) in [6, 6.07) is 1.85. The van der Waals surface area contributed by atoms with Crippen LogP contribution in [0.5, 0.6) is 0 Å². The fourth-order valence-corrected chi connectivity index (χ4v) is 1.48. The Morgan fingerprint density at radius 3 is 2.53 bits per heavy atom. The van der Waals surface area contributed by atoms with E-state index in [4.69, 9.17) is 10.2 Å². The summed E-state index contributed by atoms with van der Waals surface area (Å²) < 4.78 is 26.9. The van der Waals surface area contributed by atoms with Crippen molar-refractivity contribution >= 4 is 0 Å². The number of nitrogens with one attached hydrogen (secondary N) is 1. The van der Waals surface area contributed by atoms with E-state index in [2.05, 4.69) is 5.32 Å². The van der Waals surface area contributed by atoms with Crippen LogP contribution in [-0.4, -0.2) is 29.5 Å². The molecule has 3 nitrogen and oxygen atoms in total. The number of aryl methyl sites for hydroxylation is 1. The first-order valence-electron chi connectivity index (χ1n) is 5.43. The van der Waals surface area contributed by atoms with Crippen LogP contribution < -0.4 is 5.32 Å². The molecule has 3 N–H and O–H groups in total. The lowest BCUT2D eigenvalue weighted by atomic mass is 10.0. The van der Waals surface area contributed by atoms with E-state index in [1.54, 1.807) is 6.92 Å². The summed E-state index contributed by atoms with van der Waals surface area (Å²) in [5.74, 6) is -0.944. The van der Waals surface area contributed by atoms with Crippen LogP contribution in [-0.2, 0) is 0 Å². The van der Waals surface area contributed by atoms with Crippen molar-refractivity contribution in [3.05, 3.63) is 34.9 Å². The Bertz CT molecular complexity index is 385. The molecule has 5 heteroatoms. The Morgan fingerprint density at radius 2 is 1.94 bits per heavy atom. The van der Waals surface area contributed by atoms with Crippen LogP contribution in [0, 0.1) is 18.6 Å². The van der Waals surface area contributed by atoms with Crippen molar-refractivity contribution in [3.63, 3.8) is 0 Å². The van der Waals surface area contributed by atoms with E-state index < -0.39 is 23.8 Å². The van der Waals surface area contributed by atoms with Crippen LogP contribution in [0.3, 0.4) is 0 Å². The molecule has 0 aliphatic carbocycles. The lowest BCUT2D eigenvalue weighted by Crippen LogP contribution is -2.31. The lowest BCUT2D eigenvalue weighted by molar-refractivity contribution is 0.0922. The summed E-state index contributed by atoms with van der Waals surface area (Å²) in [5, 5.41) is 20.6.